The first-order valence-corrected chi connectivity index (χ1v) is 5.87. The molecule has 4 nitrogen and oxygen atoms in total. The average Bonchev–Trinajstić information content (AvgIpc) is 2.38. The third-order valence-corrected chi connectivity index (χ3v) is 2.34. The molecule has 1 aromatic carbocycles. The van der Waals surface area contributed by atoms with Crippen LogP contribution in [0.15, 0.2) is 18.2 Å². The predicted molar refractivity (Wildman–Crippen MR) is 67.5 cm³/mol. The fraction of sp³-hybridized carbons (Fsp3) is 0.385. The summed E-state index contributed by atoms with van der Waals surface area (Å²) in [6.45, 7) is 2.99. The van der Waals surface area contributed by atoms with Crippen molar-refractivity contribution >= 4 is 11.6 Å². The quantitative estimate of drug-likeness (QED) is 0.810. The molecule has 1 rings (SSSR count). The standard InChI is InChI=1S/C13H16FN3O/c1-2-6-17-13(18)5-7-16-12-4-3-10(9-15)8-11(12)14/h3-4,8,16H,2,5-7H2,1H3,(H,17,18). The molecule has 0 aliphatic carbocycles. The maximum Gasteiger partial charge on any atom is 0.221 e. The molecule has 0 bridgehead atoms. The zero-order chi connectivity index (χ0) is 13.4. The molecule has 18 heavy (non-hydrogen) atoms. The lowest BCUT2D eigenvalue weighted by Crippen LogP contribution is -2.25. The van der Waals surface area contributed by atoms with Gasteiger partial charge in [0, 0.05) is 19.5 Å². The van der Waals surface area contributed by atoms with Gasteiger partial charge in [0.15, 0.2) is 0 Å². The van der Waals surface area contributed by atoms with Crippen molar-refractivity contribution in [1.29, 1.82) is 5.26 Å². The number of nitrogens with one attached hydrogen (secondary N) is 2. The fourth-order valence-electron chi connectivity index (χ4n) is 1.39. The van der Waals surface area contributed by atoms with E-state index in [0.717, 1.165) is 6.42 Å². The van der Waals surface area contributed by atoms with E-state index in [0.29, 0.717) is 25.2 Å². The number of rotatable bonds is 6. The van der Waals surface area contributed by atoms with Gasteiger partial charge in [0.1, 0.15) is 5.82 Å². The van der Waals surface area contributed by atoms with Gasteiger partial charge >= 0.3 is 0 Å². The minimum absolute atomic E-state index is 0.0570. The number of amides is 1. The third kappa shape index (κ3) is 4.42. The molecule has 1 aromatic rings. The van der Waals surface area contributed by atoms with E-state index in [-0.39, 0.29) is 11.5 Å². The lowest BCUT2D eigenvalue weighted by molar-refractivity contribution is -0.120. The highest BCUT2D eigenvalue weighted by atomic mass is 19.1. The van der Waals surface area contributed by atoms with Gasteiger partial charge in [-0.3, -0.25) is 4.79 Å². The van der Waals surface area contributed by atoms with E-state index < -0.39 is 5.82 Å². The average molecular weight is 249 g/mol. The van der Waals surface area contributed by atoms with Crippen LogP contribution in [0, 0.1) is 17.1 Å². The summed E-state index contributed by atoms with van der Waals surface area (Å²) in [5.74, 6) is -0.540. The summed E-state index contributed by atoms with van der Waals surface area (Å²) in [6.07, 6.45) is 1.18. The second-order valence-electron chi connectivity index (χ2n) is 3.83. The Morgan fingerprint density at radius 1 is 1.44 bits per heavy atom. The van der Waals surface area contributed by atoms with Crippen molar-refractivity contribution < 1.29 is 9.18 Å². The summed E-state index contributed by atoms with van der Waals surface area (Å²) in [5, 5.41) is 14.2. The van der Waals surface area contributed by atoms with Gasteiger partial charge < -0.3 is 10.6 Å². The molecule has 0 unspecified atom stereocenters. The third-order valence-electron chi connectivity index (χ3n) is 2.34. The van der Waals surface area contributed by atoms with Crippen LogP contribution in [0.3, 0.4) is 0 Å². The van der Waals surface area contributed by atoms with Crippen molar-refractivity contribution in [2.75, 3.05) is 18.4 Å². The maximum absolute atomic E-state index is 13.5. The van der Waals surface area contributed by atoms with E-state index >= 15 is 0 Å². The van der Waals surface area contributed by atoms with Gasteiger partial charge in [-0.15, -0.1) is 0 Å². The van der Waals surface area contributed by atoms with E-state index in [1.807, 2.05) is 13.0 Å². The van der Waals surface area contributed by atoms with Crippen molar-refractivity contribution in [2.45, 2.75) is 19.8 Å². The number of halogens is 1. The zero-order valence-electron chi connectivity index (χ0n) is 10.3. The van der Waals surface area contributed by atoms with Gasteiger partial charge in [-0.1, -0.05) is 6.92 Å². The van der Waals surface area contributed by atoms with Gasteiger partial charge in [0.25, 0.3) is 0 Å². The number of nitrogens with zero attached hydrogens (tertiary/aromatic N) is 1. The number of carbonyl (C=O) groups excluding carboxylic acids is 1. The lowest BCUT2D eigenvalue weighted by atomic mass is 10.2. The van der Waals surface area contributed by atoms with E-state index in [1.54, 1.807) is 0 Å². The molecule has 0 heterocycles. The number of hydrogen-bond acceptors (Lipinski definition) is 3. The summed E-state index contributed by atoms with van der Waals surface area (Å²) in [6, 6.07) is 6.05. The number of carbonyl (C=O) groups is 1. The topological polar surface area (TPSA) is 64.9 Å². The highest BCUT2D eigenvalue weighted by Crippen LogP contribution is 2.14. The fourth-order valence-corrected chi connectivity index (χ4v) is 1.39. The van der Waals surface area contributed by atoms with E-state index in [9.17, 15) is 9.18 Å². The van der Waals surface area contributed by atoms with E-state index in [1.165, 1.54) is 18.2 Å². The van der Waals surface area contributed by atoms with Crippen LogP contribution in [-0.2, 0) is 4.79 Å². The van der Waals surface area contributed by atoms with Crippen LogP contribution in [0.25, 0.3) is 0 Å². The summed E-state index contributed by atoms with van der Waals surface area (Å²) in [5.41, 5.74) is 0.580. The van der Waals surface area contributed by atoms with Gasteiger partial charge in [-0.05, 0) is 24.6 Å². The van der Waals surface area contributed by atoms with Gasteiger partial charge in [0.2, 0.25) is 5.91 Å². The Hall–Kier alpha value is -2.09. The monoisotopic (exact) mass is 249 g/mol. The molecule has 96 valence electrons. The lowest BCUT2D eigenvalue weighted by Gasteiger charge is -2.08. The Bertz CT molecular complexity index is 454. The first-order valence-electron chi connectivity index (χ1n) is 5.87. The largest absolute Gasteiger partial charge is 0.382 e. The molecule has 0 fully saturated rings. The van der Waals surface area contributed by atoms with Crippen LogP contribution < -0.4 is 10.6 Å². The summed E-state index contributed by atoms with van der Waals surface area (Å²) in [4.78, 5) is 11.3. The molecule has 0 aliphatic rings. The molecule has 0 saturated heterocycles. The summed E-state index contributed by atoms with van der Waals surface area (Å²) >= 11 is 0. The Morgan fingerprint density at radius 3 is 2.83 bits per heavy atom. The molecule has 0 saturated carbocycles. The van der Waals surface area contributed by atoms with E-state index in [4.69, 9.17) is 5.26 Å². The van der Waals surface area contributed by atoms with Crippen molar-refractivity contribution in [1.82, 2.24) is 5.32 Å². The van der Waals surface area contributed by atoms with Crippen molar-refractivity contribution in [3.63, 3.8) is 0 Å². The Kier molecular flexibility index (Phi) is 5.65. The Morgan fingerprint density at radius 2 is 2.22 bits per heavy atom. The number of nitriles is 1. The number of benzene rings is 1. The minimum atomic E-state index is -0.483. The molecular weight excluding hydrogens is 233 g/mol. The normalized spacial score (nSPS) is 9.61. The van der Waals surface area contributed by atoms with Crippen LogP contribution in [-0.4, -0.2) is 19.0 Å². The summed E-state index contributed by atoms with van der Waals surface area (Å²) < 4.78 is 13.5. The number of anilines is 1. The highest BCUT2D eigenvalue weighted by Gasteiger charge is 2.04. The first-order chi connectivity index (χ1) is 8.67. The van der Waals surface area contributed by atoms with Crippen molar-refractivity contribution in [2.24, 2.45) is 0 Å². The Labute approximate surface area is 106 Å². The van der Waals surface area contributed by atoms with Crippen LogP contribution in [0.4, 0.5) is 10.1 Å². The molecule has 2 N–H and O–H groups in total. The van der Waals surface area contributed by atoms with Crippen molar-refractivity contribution in [3.05, 3.63) is 29.6 Å². The molecule has 0 aliphatic heterocycles. The first kappa shape index (κ1) is 14.0. The molecule has 0 aromatic heterocycles. The highest BCUT2D eigenvalue weighted by molar-refractivity contribution is 5.76. The summed E-state index contributed by atoms with van der Waals surface area (Å²) in [7, 11) is 0. The molecule has 1 amide bonds. The van der Waals surface area contributed by atoms with Crippen LogP contribution in [0.5, 0.6) is 0 Å². The second kappa shape index (κ2) is 7.28. The SMILES string of the molecule is CCCNC(=O)CCNc1ccc(C#N)cc1F. The van der Waals surface area contributed by atoms with Crippen LogP contribution in [0.1, 0.15) is 25.3 Å². The molecule has 0 radical (unpaired) electrons. The smallest absolute Gasteiger partial charge is 0.221 e. The maximum atomic E-state index is 13.5. The van der Waals surface area contributed by atoms with Gasteiger partial charge in [-0.2, -0.15) is 5.26 Å². The Balaban J connectivity index is 2.40. The van der Waals surface area contributed by atoms with Gasteiger partial charge in [0.05, 0.1) is 17.3 Å². The van der Waals surface area contributed by atoms with Crippen LogP contribution in [0.2, 0.25) is 0 Å². The minimum Gasteiger partial charge on any atom is -0.382 e. The van der Waals surface area contributed by atoms with Gasteiger partial charge in [-0.25, -0.2) is 4.39 Å². The number of hydrogen-bond donors (Lipinski definition) is 2. The van der Waals surface area contributed by atoms with E-state index in [2.05, 4.69) is 10.6 Å². The molecule has 0 spiro atoms. The van der Waals surface area contributed by atoms with Crippen molar-refractivity contribution in [3.8, 4) is 6.07 Å². The molecule has 0 atom stereocenters. The predicted octanol–water partition coefficient (Wildman–Crippen LogP) is 2.03. The molecule has 5 heteroatoms. The van der Waals surface area contributed by atoms with Crippen LogP contribution >= 0.6 is 0 Å². The molecular formula is C13H16FN3O. The second-order valence-corrected chi connectivity index (χ2v) is 3.83. The zero-order valence-corrected chi connectivity index (χ0v) is 10.3.